The molecule has 3 nitrogen and oxygen atoms in total. The number of aryl methyl sites for hydroxylation is 2. The normalized spacial score (nSPS) is 8.42. The van der Waals surface area contributed by atoms with Crippen molar-refractivity contribution in [2.45, 2.75) is 27.7 Å². The Morgan fingerprint density at radius 2 is 1.83 bits per heavy atom. The molecule has 0 aliphatic heterocycles. The van der Waals surface area contributed by atoms with E-state index in [0.29, 0.717) is 5.88 Å². The van der Waals surface area contributed by atoms with Gasteiger partial charge in [-0.3, -0.25) is 0 Å². The minimum absolute atomic E-state index is 0.660. The van der Waals surface area contributed by atoms with Gasteiger partial charge in [-0.2, -0.15) is 4.98 Å². The molecule has 3 heteroatoms. The van der Waals surface area contributed by atoms with E-state index in [-0.39, 0.29) is 0 Å². The molecule has 0 spiro atoms. The quantitative estimate of drug-likeness (QED) is 0.644. The van der Waals surface area contributed by atoms with Crippen molar-refractivity contribution in [2.24, 2.45) is 0 Å². The van der Waals surface area contributed by atoms with Crippen molar-refractivity contribution >= 4 is 0 Å². The molecule has 0 aliphatic carbocycles. The topological polar surface area (TPSA) is 35.0 Å². The predicted octanol–water partition coefficient (Wildman–Crippen LogP) is 2.13. The Bertz CT molecular complexity index is 236. The minimum Gasteiger partial charge on any atom is -0.481 e. The summed E-state index contributed by atoms with van der Waals surface area (Å²) in [6.07, 6.45) is 1.75. The average molecular weight is 168 g/mol. The smallest absolute Gasteiger partial charge is 0.219 e. The van der Waals surface area contributed by atoms with Gasteiger partial charge in [0.1, 0.15) is 5.82 Å². The van der Waals surface area contributed by atoms with Crippen LogP contribution >= 0.6 is 0 Å². The number of aromatic nitrogens is 2. The van der Waals surface area contributed by atoms with E-state index < -0.39 is 0 Å². The van der Waals surface area contributed by atoms with Crippen molar-refractivity contribution in [3.8, 4) is 5.88 Å². The summed E-state index contributed by atoms with van der Waals surface area (Å²) in [6, 6.07) is 0. The highest BCUT2D eigenvalue weighted by Gasteiger charge is 1.98. The molecule has 12 heavy (non-hydrogen) atoms. The van der Waals surface area contributed by atoms with Gasteiger partial charge in [-0.1, -0.05) is 13.8 Å². The first-order valence-electron chi connectivity index (χ1n) is 4.08. The minimum atomic E-state index is 0.660. The van der Waals surface area contributed by atoms with Crippen molar-refractivity contribution < 1.29 is 4.74 Å². The molecule has 0 saturated carbocycles. The molecule has 0 saturated heterocycles. The summed E-state index contributed by atoms with van der Waals surface area (Å²) >= 11 is 0. The van der Waals surface area contributed by atoms with Crippen LogP contribution in [0.4, 0.5) is 0 Å². The highest BCUT2D eigenvalue weighted by atomic mass is 16.5. The van der Waals surface area contributed by atoms with E-state index >= 15 is 0 Å². The molecule has 0 bridgehead atoms. The fraction of sp³-hybridized carbons (Fsp3) is 0.556. The summed E-state index contributed by atoms with van der Waals surface area (Å²) in [5.41, 5.74) is 0.966. The molecule has 0 amide bonds. The van der Waals surface area contributed by atoms with Gasteiger partial charge in [0.2, 0.25) is 5.88 Å². The molecule has 1 heterocycles. The van der Waals surface area contributed by atoms with Crippen LogP contribution in [0.1, 0.15) is 25.2 Å². The SMILES string of the molecule is CC.COc1nc(C)ncc1C. The van der Waals surface area contributed by atoms with Gasteiger partial charge < -0.3 is 4.74 Å². The number of nitrogens with zero attached hydrogens (tertiary/aromatic N) is 2. The molecule has 0 N–H and O–H groups in total. The monoisotopic (exact) mass is 168 g/mol. The van der Waals surface area contributed by atoms with E-state index in [4.69, 9.17) is 4.74 Å². The van der Waals surface area contributed by atoms with E-state index in [2.05, 4.69) is 9.97 Å². The number of methoxy groups -OCH3 is 1. The Kier molecular flexibility index (Phi) is 5.00. The lowest BCUT2D eigenvalue weighted by Crippen LogP contribution is -1.94. The van der Waals surface area contributed by atoms with Crippen LogP contribution in [0.3, 0.4) is 0 Å². The van der Waals surface area contributed by atoms with Crippen LogP contribution in [0.15, 0.2) is 6.20 Å². The fourth-order valence-electron chi connectivity index (χ4n) is 0.716. The third-order valence-corrected chi connectivity index (χ3v) is 1.24. The lowest BCUT2D eigenvalue weighted by molar-refractivity contribution is 0.392. The molecular weight excluding hydrogens is 152 g/mol. The maximum absolute atomic E-state index is 4.97. The number of rotatable bonds is 1. The van der Waals surface area contributed by atoms with Gasteiger partial charge in [-0.15, -0.1) is 0 Å². The summed E-state index contributed by atoms with van der Waals surface area (Å²) in [6.45, 7) is 7.75. The van der Waals surface area contributed by atoms with Crippen LogP contribution in [0, 0.1) is 13.8 Å². The zero-order valence-corrected chi connectivity index (χ0v) is 8.38. The van der Waals surface area contributed by atoms with Crippen LogP contribution in [-0.2, 0) is 0 Å². The van der Waals surface area contributed by atoms with Crippen LogP contribution < -0.4 is 4.74 Å². The van der Waals surface area contributed by atoms with E-state index in [1.165, 1.54) is 0 Å². The standard InChI is InChI=1S/C7H10N2O.C2H6/c1-5-4-8-6(2)9-7(5)10-3;1-2/h4H,1-3H3;1-2H3. The Hall–Kier alpha value is -1.12. The zero-order valence-electron chi connectivity index (χ0n) is 8.38. The maximum atomic E-state index is 4.97. The molecule has 1 aromatic heterocycles. The number of hydrogen-bond donors (Lipinski definition) is 0. The van der Waals surface area contributed by atoms with E-state index in [0.717, 1.165) is 11.4 Å². The molecule has 0 unspecified atom stereocenters. The Balaban J connectivity index is 0.000000561. The van der Waals surface area contributed by atoms with Crippen LogP contribution in [0.2, 0.25) is 0 Å². The van der Waals surface area contributed by atoms with E-state index in [1.54, 1.807) is 13.3 Å². The summed E-state index contributed by atoms with van der Waals surface area (Å²) in [5.74, 6) is 1.40. The second-order valence-corrected chi connectivity index (χ2v) is 2.11. The Labute approximate surface area is 73.8 Å². The maximum Gasteiger partial charge on any atom is 0.219 e. The van der Waals surface area contributed by atoms with Crippen LogP contribution in [-0.4, -0.2) is 17.1 Å². The first-order chi connectivity index (χ1) is 5.74. The molecule has 0 aliphatic rings. The van der Waals surface area contributed by atoms with Gasteiger partial charge in [-0.25, -0.2) is 4.98 Å². The predicted molar refractivity (Wildman–Crippen MR) is 49.4 cm³/mol. The number of ether oxygens (including phenoxy) is 1. The third-order valence-electron chi connectivity index (χ3n) is 1.24. The van der Waals surface area contributed by atoms with Gasteiger partial charge in [0.15, 0.2) is 0 Å². The summed E-state index contributed by atoms with van der Waals surface area (Å²) in [5, 5.41) is 0. The lowest BCUT2D eigenvalue weighted by atomic mass is 10.4. The summed E-state index contributed by atoms with van der Waals surface area (Å²) in [4.78, 5) is 8.05. The third kappa shape index (κ3) is 2.86. The van der Waals surface area contributed by atoms with E-state index in [9.17, 15) is 0 Å². The first kappa shape index (κ1) is 10.9. The van der Waals surface area contributed by atoms with Crippen molar-refractivity contribution in [1.82, 2.24) is 9.97 Å². The molecule has 1 aromatic rings. The second-order valence-electron chi connectivity index (χ2n) is 2.11. The largest absolute Gasteiger partial charge is 0.481 e. The first-order valence-corrected chi connectivity index (χ1v) is 4.08. The molecule has 1 rings (SSSR count). The fourth-order valence-corrected chi connectivity index (χ4v) is 0.716. The Morgan fingerprint density at radius 3 is 2.25 bits per heavy atom. The zero-order chi connectivity index (χ0) is 9.56. The van der Waals surface area contributed by atoms with Crippen molar-refractivity contribution in [2.75, 3.05) is 7.11 Å². The van der Waals surface area contributed by atoms with E-state index in [1.807, 2.05) is 27.7 Å². The van der Waals surface area contributed by atoms with Crippen LogP contribution in [0.5, 0.6) is 5.88 Å². The molecule has 0 fully saturated rings. The van der Waals surface area contributed by atoms with Crippen molar-refractivity contribution in [1.29, 1.82) is 0 Å². The summed E-state index contributed by atoms with van der Waals surface area (Å²) < 4.78 is 4.97. The van der Waals surface area contributed by atoms with Gasteiger partial charge in [0.05, 0.1) is 7.11 Å². The molecule has 0 radical (unpaired) electrons. The second kappa shape index (κ2) is 5.52. The van der Waals surface area contributed by atoms with Crippen LogP contribution in [0.25, 0.3) is 0 Å². The highest BCUT2D eigenvalue weighted by Crippen LogP contribution is 2.10. The molecule has 0 atom stereocenters. The van der Waals surface area contributed by atoms with Gasteiger partial charge >= 0.3 is 0 Å². The average Bonchev–Trinajstić information content (AvgIpc) is 2.13. The molecule has 0 aromatic carbocycles. The van der Waals surface area contributed by atoms with Crippen molar-refractivity contribution in [3.63, 3.8) is 0 Å². The molecular formula is C9H16N2O. The Morgan fingerprint density at radius 1 is 1.25 bits per heavy atom. The summed E-state index contributed by atoms with van der Waals surface area (Å²) in [7, 11) is 1.61. The lowest BCUT2D eigenvalue weighted by Gasteiger charge is -2.01. The molecule has 68 valence electrons. The highest BCUT2D eigenvalue weighted by molar-refractivity contribution is 5.21. The van der Waals surface area contributed by atoms with Gasteiger partial charge in [0, 0.05) is 11.8 Å². The van der Waals surface area contributed by atoms with Gasteiger partial charge in [0.25, 0.3) is 0 Å². The number of hydrogen-bond acceptors (Lipinski definition) is 3. The van der Waals surface area contributed by atoms with Crippen molar-refractivity contribution in [3.05, 3.63) is 17.6 Å². The van der Waals surface area contributed by atoms with Gasteiger partial charge in [-0.05, 0) is 13.8 Å².